The highest BCUT2D eigenvalue weighted by molar-refractivity contribution is 5.88. The summed E-state index contributed by atoms with van der Waals surface area (Å²) in [4.78, 5) is 45.7. The van der Waals surface area contributed by atoms with Crippen LogP contribution in [0.5, 0.6) is 11.5 Å². The highest BCUT2D eigenvalue weighted by Gasteiger charge is 2.29. The van der Waals surface area contributed by atoms with Gasteiger partial charge in [0.2, 0.25) is 6.41 Å². The van der Waals surface area contributed by atoms with E-state index in [1.807, 2.05) is 119 Å². The number of allylic oxidation sites excluding steroid dienone is 1. The zero-order valence-corrected chi connectivity index (χ0v) is 34.5. The fraction of sp³-hybridized carbons (Fsp3) is 0.429. The summed E-state index contributed by atoms with van der Waals surface area (Å²) in [6.45, 7) is 16.6. The topological polar surface area (TPSA) is 144 Å². The number of benzene rings is 3. The van der Waals surface area contributed by atoms with Crippen LogP contribution in [-0.4, -0.2) is 87.0 Å². The number of carbonyl (C=O) groups excluding carboxylic acids is 2. The Labute approximate surface area is 330 Å². The van der Waals surface area contributed by atoms with Crippen LogP contribution in [-0.2, 0) is 14.3 Å². The molecule has 5 rings (SSSR count). The molecule has 1 aliphatic rings. The van der Waals surface area contributed by atoms with Crippen molar-refractivity contribution < 1.29 is 28.2 Å². The Kier molecular flexibility index (Phi) is 19.9. The molecule has 0 aliphatic carbocycles. The third-order valence-electron chi connectivity index (χ3n) is 8.40. The minimum absolute atomic E-state index is 0.121. The summed E-state index contributed by atoms with van der Waals surface area (Å²) in [5, 5.41) is 4.97. The van der Waals surface area contributed by atoms with Crippen molar-refractivity contribution in [3.63, 3.8) is 0 Å². The first kappa shape index (κ1) is 46.5. The molecule has 1 fully saturated rings. The molecular formula is C42H60FN7O6. The largest absolute Gasteiger partial charge is 0.497 e. The van der Waals surface area contributed by atoms with Crippen LogP contribution < -0.4 is 36.0 Å². The number of esters is 1. The SMILES string of the molecule is CC.CC/C=C(/C(=O)OC(C)C)N1CCN(n2c(C(C)N(C)c3ccc(OC)cc3OC)nc3ccccc3c2=O)CC1.CCN.O=CNc1ccc(F)cc1. The first-order valence-corrected chi connectivity index (χ1v) is 19.0. The van der Waals surface area contributed by atoms with Crippen LogP contribution in [0, 0.1) is 5.82 Å². The van der Waals surface area contributed by atoms with Crippen molar-refractivity contribution in [1.29, 1.82) is 0 Å². The monoisotopic (exact) mass is 777 g/mol. The number of methoxy groups -OCH3 is 2. The smallest absolute Gasteiger partial charge is 0.354 e. The predicted octanol–water partition coefficient (Wildman–Crippen LogP) is 6.50. The Morgan fingerprint density at radius 3 is 2.16 bits per heavy atom. The molecule has 3 aromatic carbocycles. The number of aromatic nitrogens is 2. The fourth-order valence-electron chi connectivity index (χ4n) is 5.70. The molecule has 2 heterocycles. The lowest BCUT2D eigenvalue weighted by Gasteiger charge is -2.40. The summed E-state index contributed by atoms with van der Waals surface area (Å²) in [5.41, 5.74) is 7.39. The van der Waals surface area contributed by atoms with Crippen LogP contribution in [0.3, 0.4) is 0 Å². The number of carbonyl (C=O) groups is 2. The van der Waals surface area contributed by atoms with Gasteiger partial charge in [-0.15, -0.1) is 0 Å². The van der Waals surface area contributed by atoms with E-state index < -0.39 is 0 Å². The van der Waals surface area contributed by atoms with E-state index in [-0.39, 0.29) is 29.5 Å². The van der Waals surface area contributed by atoms with Crippen molar-refractivity contribution in [2.45, 2.75) is 67.0 Å². The first-order valence-electron chi connectivity index (χ1n) is 19.0. The molecular weight excluding hydrogens is 718 g/mol. The lowest BCUT2D eigenvalue weighted by molar-refractivity contribution is -0.144. The van der Waals surface area contributed by atoms with Gasteiger partial charge in [-0.2, -0.15) is 0 Å². The van der Waals surface area contributed by atoms with Gasteiger partial charge in [0.1, 0.15) is 23.0 Å². The van der Waals surface area contributed by atoms with Gasteiger partial charge in [0.15, 0.2) is 5.82 Å². The standard InChI is InChI=1S/C31H41N5O5.C7H6FNO.C2H7N.C2H6/c1-8-11-27(31(38)41-21(2)3)34-16-18-35(19-17-34)36-29(32-25-13-10-9-12-24(25)30(36)37)22(4)33(5)26-15-14-23(39-6)20-28(26)40-7;8-6-1-3-7(4-2-6)9-5-10;1-2-3;1-2/h9-15,20-22H,8,16-19H2,1-7H3;1-5H,(H,9,10);2-3H2,1H3;1-2H3/b27-11-;;;. The number of fused-ring (bicyclic) bond motifs is 1. The molecule has 1 unspecified atom stereocenters. The quantitative estimate of drug-likeness (QED) is 0.0925. The van der Waals surface area contributed by atoms with Gasteiger partial charge < -0.3 is 40.1 Å². The Morgan fingerprint density at radius 1 is 0.982 bits per heavy atom. The van der Waals surface area contributed by atoms with E-state index in [0.29, 0.717) is 72.2 Å². The number of anilines is 2. The number of nitrogens with two attached hydrogens (primary N) is 1. The molecule has 4 aromatic rings. The lowest BCUT2D eigenvalue weighted by atomic mass is 10.2. The molecule has 0 saturated carbocycles. The van der Waals surface area contributed by atoms with Gasteiger partial charge in [0, 0.05) is 31.9 Å². The molecule has 3 N–H and O–H groups in total. The molecule has 1 saturated heterocycles. The molecule has 0 bridgehead atoms. The third-order valence-corrected chi connectivity index (χ3v) is 8.40. The van der Waals surface area contributed by atoms with E-state index in [1.54, 1.807) is 18.9 Å². The van der Waals surface area contributed by atoms with E-state index in [2.05, 4.69) is 5.32 Å². The molecule has 1 amide bonds. The zero-order valence-electron chi connectivity index (χ0n) is 34.5. The number of nitrogens with zero attached hydrogens (tertiary/aromatic N) is 5. The van der Waals surface area contributed by atoms with E-state index >= 15 is 0 Å². The molecule has 306 valence electrons. The fourth-order valence-corrected chi connectivity index (χ4v) is 5.70. The predicted molar refractivity (Wildman–Crippen MR) is 224 cm³/mol. The number of rotatable bonds is 12. The maximum Gasteiger partial charge on any atom is 0.354 e. The first-order chi connectivity index (χ1) is 26.9. The molecule has 1 atom stereocenters. The number of halogens is 1. The van der Waals surface area contributed by atoms with Crippen LogP contribution >= 0.6 is 0 Å². The van der Waals surface area contributed by atoms with E-state index in [9.17, 15) is 18.8 Å². The molecule has 14 heteroatoms. The maximum atomic E-state index is 14.0. The second kappa shape index (κ2) is 24.0. The lowest BCUT2D eigenvalue weighted by Crippen LogP contribution is -2.56. The van der Waals surface area contributed by atoms with Crippen molar-refractivity contribution >= 4 is 34.7 Å². The van der Waals surface area contributed by atoms with Gasteiger partial charge in [-0.05, 0) is 82.3 Å². The highest BCUT2D eigenvalue weighted by Crippen LogP contribution is 2.35. The molecule has 1 aliphatic heterocycles. The van der Waals surface area contributed by atoms with Crippen molar-refractivity contribution in [3.8, 4) is 11.5 Å². The van der Waals surface area contributed by atoms with Gasteiger partial charge in [0.05, 0.1) is 56.0 Å². The van der Waals surface area contributed by atoms with Crippen molar-refractivity contribution in [2.75, 3.05) is 69.2 Å². The third kappa shape index (κ3) is 12.7. The number of amides is 1. The summed E-state index contributed by atoms with van der Waals surface area (Å²) in [7, 11) is 5.20. The Bertz CT molecular complexity index is 1890. The number of para-hydroxylation sites is 1. The van der Waals surface area contributed by atoms with Crippen molar-refractivity contribution in [1.82, 2.24) is 14.6 Å². The Balaban J connectivity index is 0.000000609. The summed E-state index contributed by atoms with van der Waals surface area (Å²) < 4.78 is 30.5. The van der Waals surface area contributed by atoms with Crippen LogP contribution in [0.4, 0.5) is 15.8 Å². The van der Waals surface area contributed by atoms with E-state index in [4.69, 9.17) is 24.9 Å². The minimum Gasteiger partial charge on any atom is -0.497 e. The molecule has 0 spiro atoms. The number of ether oxygens (including phenoxy) is 3. The second-order valence-electron chi connectivity index (χ2n) is 12.5. The average molecular weight is 778 g/mol. The van der Waals surface area contributed by atoms with Crippen molar-refractivity contribution in [3.05, 3.63) is 100 Å². The summed E-state index contributed by atoms with van der Waals surface area (Å²) in [5.74, 6) is 1.34. The van der Waals surface area contributed by atoms with Crippen molar-refractivity contribution in [2.24, 2.45) is 5.73 Å². The second-order valence-corrected chi connectivity index (χ2v) is 12.5. The number of nitrogens with one attached hydrogen (secondary N) is 1. The van der Waals surface area contributed by atoms with Gasteiger partial charge in [-0.3, -0.25) is 9.59 Å². The molecule has 0 radical (unpaired) electrons. The van der Waals surface area contributed by atoms with Crippen LogP contribution in [0.1, 0.15) is 66.8 Å². The highest BCUT2D eigenvalue weighted by atomic mass is 19.1. The van der Waals surface area contributed by atoms with Crippen LogP contribution in [0.15, 0.2) is 83.3 Å². The van der Waals surface area contributed by atoms with Gasteiger partial charge in [0.25, 0.3) is 5.56 Å². The summed E-state index contributed by atoms with van der Waals surface area (Å²) in [6, 6.07) is 18.3. The normalized spacial score (nSPS) is 12.8. The Morgan fingerprint density at radius 2 is 1.61 bits per heavy atom. The van der Waals surface area contributed by atoms with Crippen LogP contribution in [0.25, 0.3) is 10.9 Å². The Hall–Kier alpha value is -5.63. The maximum absolute atomic E-state index is 14.0. The zero-order chi connectivity index (χ0) is 41.8. The number of piperazine rings is 1. The van der Waals surface area contributed by atoms with Crippen LogP contribution in [0.2, 0.25) is 0 Å². The summed E-state index contributed by atoms with van der Waals surface area (Å²) in [6.07, 6.45) is 2.98. The van der Waals surface area contributed by atoms with Gasteiger partial charge >= 0.3 is 5.97 Å². The number of hydrogen-bond donors (Lipinski definition) is 2. The van der Waals surface area contributed by atoms with Gasteiger partial charge in [-0.25, -0.2) is 18.8 Å². The molecule has 1 aromatic heterocycles. The van der Waals surface area contributed by atoms with Gasteiger partial charge in [-0.1, -0.05) is 45.9 Å². The molecule has 13 nitrogen and oxygen atoms in total. The van der Waals surface area contributed by atoms with E-state index in [0.717, 1.165) is 18.7 Å². The minimum atomic E-state index is -0.316. The molecule has 56 heavy (non-hydrogen) atoms. The average Bonchev–Trinajstić information content (AvgIpc) is 3.21. The summed E-state index contributed by atoms with van der Waals surface area (Å²) >= 11 is 0. The number of hydrogen-bond acceptors (Lipinski definition) is 11. The van der Waals surface area contributed by atoms with E-state index in [1.165, 1.54) is 24.3 Å².